The van der Waals surface area contributed by atoms with Crippen molar-refractivity contribution in [3.8, 4) is 0 Å². The third-order valence-corrected chi connectivity index (χ3v) is 16.8. The molecule has 0 bridgehead atoms. The average Bonchev–Trinajstić information content (AvgIpc) is 3.44. The fourth-order valence-corrected chi connectivity index (χ4v) is 11.0. The number of phosphoric acid groups is 2. The van der Waals surface area contributed by atoms with Crippen LogP contribution in [0.25, 0.3) is 0 Å². The van der Waals surface area contributed by atoms with Crippen molar-refractivity contribution in [3.63, 3.8) is 0 Å². The van der Waals surface area contributed by atoms with Crippen molar-refractivity contribution < 1.29 is 80.2 Å². The van der Waals surface area contributed by atoms with Crippen LogP contribution >= 0.6 is 15.6 Å². The molecule has 0 aliphatic rings. The van der Waals surface area contributed by atoms with E-state index in [-0.39, 0.29) is 25.7 Å². The fraction of sp³-hybridized carbons (Fsp3) is 0.938. The van der Waals surface area contributed by atoms with Crippen LogP contribution in [-0.4, -0.2) is 96.7 Å². The largest absolute Gasteiger partial charge is 0.472 e. The molecule has 0 aromatic rings. The van der Waals surface area contributed by atoms with Gasteiger partial charge in [-0.1, -0.05) is 254 Å². The standard InChI is InChI=1S/C64H124O17P2/c1-9-57(8)43-35-27-22-23-29-37-45-62(67)75-51-60(81-64(69)47-39-31-21-15-12-18-26-34-42-56(6)7)53-79-83(72,73)77-49-58(65)48-76-82(70,71)78-52-59(80-63(68)46-38-30-20-14-11-17-25-33-41-55(4)5)50-74-61(66)44-36-28-19-13-10-16-24-32-40-54(2)3/h54-60,65H,9-53H2,1-8H3,(H,70,71)(H,72,73)/t57?,58?,59-,60-/m1/s1. The summed E-state index contributed by atoms with van der Waals surface area (Å²) in [4.78, 5) is 72.2. The molecule has 0 aromatic heterocycles. The van der Waals surface area contributed by atoms with Crippen molar-refractivity contribution in [1.82, 2.24) is 0 Å². The van der Waals surface area contributed by atoms with Gasteiger partial charge in [0.05, 0.1) is 26.4 Å². The molecule has 0 aliphatic carbocycles. The summed E-state index contributed by atoms with van der Waals surface area (Å²) in [6.07, 6.45) is 33.6. The second-order valence-electron chi connectivity index (χ2n) is 24.8. The normalized spacial score (nSPS) is 14.8. The molecule has 17 nitrogen and oxygen atoms in total. The lowest BCUT2D eigenvalue weighted by Gasteiger charge is -2.21. The summed E-state index contributed by atoms with van der Waals surface area (Å²) in [5, 5.41) is 10.5. The first-order chi connectivity index (χ1) is 39.6. The van der Waals surface area contributed by atoms with E-state index in [0.29, 0.717) is 25.7 Å². The van der Waals surface area contributed by atoms with Crippen LogP contribution in [0.1, 0.15) is 306 Å². The summed E-state index contributed by atoms with van der Waals surface area (Å²) < 4.78 is 68.0. The number of hydrogen-bond acceptors (Lipinski definition) is 15. The first-order valence-electron chi connectivity index (χ1n) is 33.2. The quantitative estimate of drug-likeness (QED) is 0.0222. The van der Waals surface area contributed by atoms with Crippen molar-refractivity contribution >= 4 is 39.5 Å². The molecule has 0 rings (SSSR count). The molecule has 3 N–H and O–H groups in total. The van der Waals surface area contributed by atoms with Crippen molar-refractivity contribution in [2.24, 2.45) is 23.7 Å². The molecule has 0 radical (unpaired) electrons. The molecule has 6 atom stereocenters. The van der Waals surface area contributed by atoms with E-state index in [0.717, 1.165) is 120 Å². The van der Waals surface area contributed by atoms with E-state index in [1.807, 2.05) is 0 Å². The molecule has 0 saturated carbocycles. The number of ether oxygens (including phenoxy) is 4. The summed E-state index contributed by atoms with van der Waals surface area (Å²) >= 11 is 0. The van der Waals surface area contributed by atoms with E-state index < -0.39 is 97.5 Å². The molecule has 0 heterocycles. The number of rotatable bonds is 61. The van der Waals surface area contributed by atoms with Gasteiger partial charge < -0.3 is 33.8 Å². The number of carbonyl (C=O) groups is 4. The van der Waals surface area contributed by atoms with Crippen LogP contribution in [0.3, 0.4) is 0 Å². The summed E-state index contributed by atoms with van der Waals surface area (Å²) in [6, 6.07) is 0. The zero-order valence-corrected chi connectivity index (χ0v) is 55.6. The van der Waals surface area contributed by atoms with Gasteiger partial charge in [-0.3, -0.25) is 37.3 Å². The second-order valence-corrected chi connectivity index (χ2v) is 27.7. The topological polar surface area (TPSA) is 237 Å². The third kappa shape index (κ3) is 57.6. The highest BCUT2D eigenvalue weighted by Gasteiger charge is 2.30. The van der Waals surface area contributed by atoms with Gasteiger partial charge in [-0.15, -0.1) is 0 Å². The maximum atomic E-state index is 13.0. The molecule has 19 heteroatoms. The SMILES string of the molecule is CCC(C)CCCCCCCCC(=O)OC[C@H](COP(=O)(O)OCC(O)COP(=O)(O)OC[C@@H](COC(=O)CCCCCCCCCCC(C)C)OC(=O)CCCCCCCCCCC(C)C)OC(=O)CCCCCCCCCCC(C)C. The fourth-order valence-electron chi connectivity index (χ4n) is 9.40. The Morgan fingerprint density at radius 2 is 0.578 bits per heavy atom. The number of phosphoric ester groups is 2. The van der Waals surface area contributed by atoms with Gasteiger partial charge >= 0.3 is 39.5 Å². The van der Waals surface area contributed by atoms with E-state index in [1.54, 1.807) is 0 Å². The second kappa shape index (κ2) is 54.2. The summed E-state index contributed by atoms with van der Waals surface area (Å²) in [7, 11) is -9.89. The van der Waals surface area contributed by atoms with Crippen LogP contribution < -0.4 is 0 Å². The van der Waals surface area contributed by atoms with Crippen LogP contribution in [-0.2, 0) is 65.4 Å². The molecule has 0 aliphatic heterocycles. The molecule has 83 heavy (non-hydrogen) atoms. The molecule has 0 aromatic carbocycles. The molecule has 0 fully saturated rings. The molecular weight excluding hydrogens is 1100 g/mol. The average molecular weight is 1230 g/mol. The smallest absolute Gasteiger partial charge is 0.462 e. The number of esters is 4. The van der Waals surface area contributed by atoms with Crippen LogP contribution in [0, 0.1) is 23.7 Å². The number of hydrogen-bond donors (Lipinski definition) is 3. The zero-order chi connectivity index (χ0) is 61.8. The van der Waals surface area contributed by atoms with Gasteiger partial charge in [0, 0.05) is 25.7 Å². The summed E-state index contributed by atoms with van der Waals surface area (Å²) in [5.74, 6) is 0.752. The Bertz CT molecular complexity index is 1660. The summed E-state index contributed by atoms with van der Waals surface area (Å²) in [6.45, 7) is 13.9. The first kappa shape index (κ1) is 81.1. The van der Waals surface area contributed by atoms with Crippen molar-refractivity contribution in [3.05, 3.63) is 0 Å². The highest BCUT2D eigenvalue weighted by atomic mass is 31.2. The maximum Gasteiger partial charge on any atom is 0.472 e. The Morgan fingerprint density at radius 1 is 0.337 bits per heavy atom. The molecule has 0 spiro atoms. The zero-order valence-electron chi connectivity index (χ0n) is 53.8. The Hall–Kier alpha value is -1.94. The minimum Gasteiger partial charge on any atom is -0.462 e. The lowest BCUT2D eigenvalue weighted by molar-refractivity contribution is -0.161. The molecule has 0 saturated heterocycles. The van der Waals surface area contributed by atoms with Gasteiger partial charge in [0.2, 0.25) is 0 Å². The molecule has 492 valence electrons. The lowest BCUT2D eigenvalue weighted by atomic mass is 10.00. The van der Waals surface area contributed by atoms with Crippen molar-refractivity contribution in [2.75, 3.05) is 39.6 Å². The monoisotopic (exact) mass is 1230 g/mol. The predicted octanol–water partition coefficient (Wildman–Crippen LogP) is 17.4. The molecule has 4 unspecified atom stereocenters. The minimum atomic E-state index is -4.95. The van der Waals surface area contributed by atoms with E-state index in [2.05, 4.69) is 55.4 Å². The van der Waals surface area contributed by atoms with E-state index in [1.165, 1.54) is 103 Å². The Kier molecular flexibility index (Phi) is 53.0. The summed E-state index contributed by atoms with van der Waals surface area (Å²) in [5.41, 5.74) is 0. The lowest BCUT2D eigenvalue weighted by Crippen LogP contribution is -2.30. The van der Waals surface area contributed by atoms with E-state index in [9.17, 15) is 43.2 Å². The van der Waals surface area contributed by atoms with Crippen LogP contribution in [0.5, 0.6) is 0 Å². The van der Waals surface area contributed by atoms with Gasteiger partial charge in [0.1, 0.15) is 19.3 Å². The van der Waals surface area contributed by atoms with Gasteiger partial charge in [0.25, 0.3) is 0 Å². The predicted molar refractivity (Wildman–Crippen MR) is 331 cm³/mol. The van der Waals surface area contributed by atoms with Crippen LogP contribution in [0.15, 0.2) is 0 Å². The van der Waals surface area contributed by atoms with Crippen LogP contribution in [0.2, 0.25) is 0 Å². The third-order valence-electron chi connectivity index (χ3n) is 14.9. The number of aliphatic hydroxyl groups is 1. The first-order valence-corrected chi connectivity index (χ1v) is 36.2. The number of aliphatic hydroxyl groups excluding tert-OH is 1. The highest BCUT2D eigenvalue weighted by Crippen LogP contribution is 2.45. The number of carbonyl (C=O) groups excluding carboxylic acids is 4. The van der Waals surface area contributed by atoms with Gasteiger partial charge in [-0.2, -0.15) is 0 Å². The highest BCUT2D eigenvalue weighted by molar-refractivity contribution is 7.47. The minimum absolute atomic E-state index is 0.103. The van der Waals surface area contributed by atoms with E-state index in [4.69, 9.17) is 37.0 Å². The van der Waals surface area contributed by atoms with E-state index >= 15 is 0 Å². The Labute approximate surface area is 505 Å². The van der Waals surface area contributed by atoms with Crippen molar-refractivity contribution in [2.45, 2.75) is 324 Å². The maximum absolute atomic E-state index is 13.0. The Balaban J connectivity index is 5.26. The van der Waals surface area contributed by atoms with Gasteiger partial charge in [0.15, 0.2) is 12.2 Å². The van der Waals surface area contributed by atoms with Crippen molar-refractivity contribution in [1.29, 1.82) is 0 Å². The van der Waals surface area contributed by atoms with Gasteiger partial charge in [-0.05, 0) is 49.4 Å². The molecular formula is C64H124O17P2. The van der Waals surface area contributed by atoms with Gasteiger partial charge in [-0.25, -0.2) is 9.13 Å². The molecule has 0 amide bonds. The Morgan fingerprint density at radius 3 is 0.855 bits per heavy atom. The van der Waals surface area contributed by atoms with Crippen LogP contribution in [0.4, 0.5) is 0 Å². The number of unbranched alkanes of at least 4 members (excludes halogenated alkanes) is 26.